The Balaban J connectivity index is 0. The molecule has 0 atom stereocenters. The van der Waals surface area contributed by atoms with E-state index in [4.69, 9.17) is 15.0 Å². The molecular weight excluding hydrogens is 208 g/mol. The highest BCUT2D eigenvalue weighted by molar-refractivity contribution is 5.91. The van der Waals surface area contributed by atoms with Crippen molar-refractivity contribution in [3.63, 3.8) is 0 Å². The Kier molecular flexibility index (Phi) is 10.8. The molecular formula is C8H14O7. The van der Waals surface area contributed by atoms with Crippen molar-refractivity contribution in [2.75, 3.05) is 13.2 Å². The molecule has 0 rings (SSSR count). The van der Waals surface area contributed by atoms with E-state index in [1.165, 1.54) is 0 Å². The topological polar surface area (TPSA) is 110 Å². The number of carbonyl (C=O) groups excluding carboxylic acids is 2. The van der Waals surface area contributed by atoms with Gasteiger partial charge < -0.3 is 19.7 Å². The van der Waals surface area contributed by atoms with Gasteiger partial charge in [-0.15, -0.1) is 0 Å². The fraction of sp³-hybridized carbons (Fsp3) is 0.625. The molecule has 0 spiro atoms. The molecule has 0 fully saturated rings. The molecule has 2 N–H and O–H groups in total. The Bertz CT molecular complexity index is 191. The molecule has 0 aliphatic carbocycles. The summed E-state index contributed by atoms with van der Waals surface area (Å²) in [5.41, 5.74) is 0. The lowest BCUT2D eigenvalue weighted by Crippen LogP contribution is -2.13. The lowest BCUT2D eigenvalue weighted by molar-refractivity contribution is -0.153. The Morgan fingerprint density at radius 1 is 0.933 bits per heavy atom. The predicted octanol–water partition coefficient (Wildman–Crippen LogP) is 0.725. The van der Waals surface area contributed by atoms with Crippen LogP contribution < -0.4 is 0 Å². The van der Waals surface area contributed by atoms with Gasteiger partial charge >= 0.3 is 18.1 Å². The minimum atomic E-state index is -1.83. The molecule has 15 heavy (non-hydrogen) atoms. The van der Waals surface area contributed by atoms with Crippen molar-refractivity contribution in [3.8, 4) is 0 Å². The first kappa shape index (κ1) is 15.7. The van der Waals surface area contributed by atoms with Crippen molar-refractivity contribution < 1.29 is 34.1 Å². The lowest BCUT2D eigenvalue weighted by atomic mass is 10.4. The molecule has 0 bridgehead atoms. The van der Waals surface area contributed by atoms with Crippen LogP contribution in [-0.2, 0) is 19.1 Å². The van der Waals surface area contributed by atoms with E-state index >= 15 is 0 Å². The molecule has 0 aromatic rings. The molecule has 0 aromatic carbocycles. The van der Waals surface area contributed by atoms with Crippen LogP contribution in [-0.4, -0.2) is 41.5 Å². The number of hydrogen-bond donors (Lipinski definition) is 2. The summed E-state index contributed by atoms with van der Waals surface area (Å²) < 4.78 is 9.04. The first-order chi connectivity index (χ1) is 6.93. The quantitative estimate of drug-likeness (QED) is 0.532. The van der Waals surface area contributed by atoms with Crippen molar-refractivity contribution >= 4 is 18.1 Å². The van der Waals surface area contributed by atoms with Crippen molar-refractivity contribution in [1.82, 2.24) is 0 Å². The normalized spacial score (nSPS) is 8.13. The summed E-state index contributed by atoms with van der Waals surface area (Å²) in [5, 5.41) is 13.9. The van der Waals surface area contributed by atoms with E-state index < -0.39 is 18.1 Å². The van der Waals surface area contributed by atoms with E-state index in [0.717, 1.165) is 0 Å². The van der Waals surface area contributed by atoms with Crippen molar-refractivity contribution in [3.05, 3.63) is 0 Å². The Morgan fingerprint density at radius 3 is 1.40 bits per heavy atom. The molecule has 0 amide bonds. The number of esters is 2. The van der Waals surface area contributed by atoms with Crippen LogP contribution in [0, 0.1) is 0 Å². The largest absolute Gasteiger partial charge is 0.503 e. The fourth-order valence-corrected chi connectivity index (χ4v) is 0.542. The number of hydrogen-bond acceptors (Lipinski definition) is 5. The minimum absolute atomic E-state index is 0.290. The molecule has 0 aromatic heterocycles. The van der Waals surface area contributed by atoms with Gasteiger partial charge in [-0.2, -0.15) is 0 Å². The van der Waals surface area contributed by atoms with Crippen LogP contribution in [0.4, 0.5) is 4.79 Å². The van der Waals surface area contributed by atoms with Crippen molar-refractivity contribution in [2.45, 2.75) is 20.3 Å². The average molecular weight is 222 g/mol. The second-order valence-electron chi connectivity index (χ2n) is 2.07. The molecule has 0 heterocycles. The Hall–Kier alpha value is -1.79. The smallest absolute Gasteiger partial charge is 0.466 e. The zero-order valence-electron chi connectivity index (χ0n) is 8.56. The zero-order valence-corrected chi connectivity index (χ0v) is 8.56. The molecule has 0 saturated heterocycles. The Labute approximate surface area is 86.6 Å². The number of ether oxygens (including phenoxy) is 2. The highest BCUT2D eigenvalue weighted by Crippen LogP contribution is 1.89. The van der Waals surface area contributed by atoms with Gasteiger partial charge in [0, 0.05) is 0 Å². The van der Waals surface area contributed by atoms with Gasteiger partial charge in [0.25, 0.3) is 0 Å². The van der Waals surface area contributed by atoms with E-state index in [2.05, 4.69) is 9.47 Å². The first-order valence-corrected chi connectivity index (χ1v) is 4.17. The third-order valence-corrected chi connectivity index (χ3v) is 0.899. The Morgan fingerprint density at radius 2 is 1.20 bits per heavy atom. The van der Waals surface area contributed by atoms with E-state index in [1.54, 1.807) is 13.8 Å². The van der Waals surface area contributed by atoms with Crippen LogP contribution in [0.15, 0.2) is 0 Å². The van der Waals surface area contributed by atoms with E-state index in [1.807, 2.05) is 0 Å². The summed E-state index contributed by atoms with van der Waals surface area (Å²) >= 11 is 0. The van der Waals surface area contributed by atoms with Gasteiger partial charge in [-0.25, -0.2) is 4.79 Å². The summed E-state index contributed by atoms with van der Waals surface area (Å²) in [7, 11) is 0. The number of carbonyl (C=O) groups is 3. The summed E-state index contributed by atoms with van der Waals surface area (Å²) in [5.74, 6) is -1.07. The highest BCUT2D eigenvalue weighted by atomic mass is 16.6. The van der Waals surface area contributed by atoms with Gasteiger partial charge in [0.15, 0.2) is 0 Å². The predicted molar refractivity (Wildman–Crippen MR) is 48.5 cm³/mol. The SMILES string of the molecule is CCOC(=O)CC(=O)OCC.O=C(O)O. The van der Waals surface area contributed by atoms with Gasteiger partial charge in [0.2, 0.25) is 0 Å². The zero-order chi connectivity index (χ0) is 12.3. The van der Waals surface area contributed by atoms with E-state index in [0.29, 0.717) is 0 Å². The van der Waals surface area contributed by atoms with Gasteiger partial charge in [-0.3, -0.25) is 9.59 Å². The van der Waals surface area contributed by atoms with Gasteiger partial charge in [0.05, 0.1) is 13.2 Å². The van der Waals surface area contributed by atoms with Crippen molar-refractivity contribution in [2.24, 2.45) is 0 Å². The summed E-state index contributed by atoms with van der Waals surface area (Å²) in [6.45, 7) is 3.95. The standard InChI is InChI=1S/C7H12O4.CH2O3/c1-3-10-6(8)5-7(9)11-4-2;2-1(3)4/h3-5H2,1-2H3;(H2,2,3,4). The molecule has 0 aliphatic heterocycles. The van der Waals surface area contributed by atoms with Crippen LogP contribution in [0.2, 0.25) is 0 Å². The van der Waals surface area contributed by atoms with Crippen LogP contribution in [0.1, 0.15) is 20.3 Å². The second-order valence-corrected chi connectivity index (χ2v) is 2.07. The average Bonchev–Trinajstić information content (AvgIpc) is 2.03. The highest BCUT2D eigenvalue weighted by Gasteiger charge is 2.09. The number of rotatable bonds is 4. The van der Waals surface area contributed by atoms with E-state index in [-0.39, 0.29) is 19.6 Å². The molecule has 0 aliphatic rings. The van der Waals surface area contributed by atoms with Crippen LogP contribution in [0.5, 0.6) is 0 Å². The molecule has 7 nitrogen and oxygen atoms in total. The summed E-state index contributed by atoms with van der Waals surface area (Å²) in [4.78, 5) is 29.8. The third-order valence-electron chi connectivity index (χ3n) is 0.899. The maximum absolute atomic E-state index is 10.6. The monoisotopic (exact) mass is 222 g/mol. The van der Waals surface area contributed by atoms with E-state index in [9.17, 15) is 9.59 Å². The minimum Gasteiger partial charge on any atom is -0.466 e. The molecule has 0 saturated carbocycles. The van der Waals surface area contributed by atoms with Crippen molar-refractivity contribution in [1.29, 1.82) is 0 Å². The van der Waals surface area contributed by atoms with Gasteiger partial charge in [-0.1, -0.05) is 0 Å². The van der Waals surface area contributed by atoms with Crippen LogP contribution >= 0.6 is 0 Å². The summed E-state index contributed by atoms with van der Waals surface area (Å²) in [6.07, 6.45) is -2.12. The second kappa shape index (κ2) is 10.3. The molecule has 0 radical (unpaired) electrons. The lowest BCUT2D eigenvalue weighted by Gasteiger charge is -2.00. The number of carboxylic acid groups (broad SMARTS) is 2. The molecule has 7 heteroatoms. The van der Waals surface area contributed by atoms with Crippen LogP contribution in [0.3, 0.4) is 0 Å². The maximum atomic E-state index is 10.6. The van der Waals surface area contributed by atoms with Gasteiger partial charge in [0.1, 0.15) is 6.42 Å². The maximum Gasteiger partial charge on any atom is 0.503 e. The fourth-order valence-electron chi connectivity index (χ4n) is 0.542. The third kappa shape index (κ3) is 18.9. The molecule has 0 unspecified atom stereocenters. The first-order valence-electron chi connectivity index (χ1n) is 4.17. The van der Waals surface area contributed by atoms with Gasteiger partial charge in [-0.05, 0) is 13.8 Å². The van der Waals surface area contributed by atoms with Crippen LogP contribution in [0.25, 0.3) is 0 Å². The summed E-state index contributed by atoms with van der Waals surface area (Å²) in [6, 6.07) is 0. The molecule has 88 valence electrons.